The van der Waals surface area contributed by atoms with Crippen LogP contribution >= 0.6 is 0 Å². The molecule has 2 unspecified atom stereocenters. The van der Waals surface area contributed by atoms with Crippen molar-refractivity contribution in [2.24, 2.45) is 46.3 Å². The standard InChI is InChI=1S/C25H40O3/c1-15(13-25-14-22(27-25)28-25)18-9-10-19-17-8-7-16-5-4-6-21(26)24(16,3)20(17)11-12-23(18,19)2/h15-22,26H,4-14H2,1-3H3/t15?,16-,17-,18-,19-,20-,21?,22?,23+,24-,25?/m0/s1. The van der Waals surface area contributed by atoms with Crippen LogP contribution in [0, 0.1) is 46.3 Å². The molecule has 9 atom stereocenters. The Kier molecular flexibility index (Phi) is 3.98. The molecule has 2 bridgehead atoms. The van der Waals surface area contributed by atoms with Gasteiger partial charge >= 0.3 is 0 Å². The first-order valence-corrected chi connectivity index (χ1v) is 12.4. The van der Waals surface area contributed by atoms with Crippen molar-refractivity contribution < 1.29 is 14.6 Å². The lowest BCUT2D eigenvalue weighted by Gasteiger charge is -2.63. The number of ether oxygens (including phenoxy) is 2. The molecule has 28 heavy (non-hydrogen) atoms. The SMILES string of the molecule is CC(CC12CC(O1)O2)[C@@H]1CC[C@H]2[C@@H]3CC[C@@H]4CCCC(O)[C@]4(C)[C@H]3CC[C@]12C. The highest BCUT2D eigenvalue weighted by atomic mass is 16.9. The molecule has 3 saturated heterocycles. The van der Waals surface area contributed by atoms with Gasteiger partial charge in [-0.05, 0) is 97.7 Å². The molecule has 7 rings (SSSR count). The van der Waals surface area contributed by atoms with Gasteiger partial charge in [-0.25, -0.2) is 0 Å². The van der Waals surface area contributed by atoms with Gasteiger partial charge in [0.2, 0.25) is 0 Å². The van der Waals surface area contributed by atoms with E-state index < -0.39 is 0 Å². The topological polar surface area (TPSA) is 38.7 Å². The molecule has 158 valence electrons. The van der Waals surface area contributed by atoms with Gasteiger partial charge in [0, 0.05) is 6.42 Å². The third-order valence-corrected chi connectivity index (χ3v) is 11.3. The van der Waals surface area contributed by atoms with E-state index in [9.17, 15) is 5.11 Å². The van der Waals surface area contributed by atoms with Gasteiger partial charge in [0.25, 0.3) is 0 Å². The van der Waals surface area contributed by atoms with Crippen molar-refractivity contribution in [2.45, 2.75) is 110 Å². The molecule has 0 amide bonds. The van der Waals surface area contributed by atoms with Gasteiger partial charge in [0.1, 0.15) is 0 Å². The van der Waals surface area contributed by atoms with Crippen LogP contribution in [0.1, 0.15) is 91.4 Å². The lowest BCUT2D eigenvalue weighted by atomic mass is 9.44. The molecule has 3 nitrogen and oxygen atoms in total. The normalized spacial score (nSPS) is 60.6. The van der Waals surface area contributed by atoms with Crippen LogP contribution in [0.2, 0.25) is 0 Å². The molecule has 3 heteroatoms. The summed E-state index contributed by atoms with van der Waals surface area (Å²) < 4.78 is 11.7. The van der Waals surface area contributed by atoms with Crippen LogP contribution in [0.3, 0.4) is 0 Å². The Morgan fingerprint density at radius 1 is 0.964 bits per heavy atom. The van der Waals surface area contributed by atoms with Gasteiger partial charge < -0.3 is 14.6 Å². The second-order valence-electron chi connectivity index (χ2n) is 12.2. The number of rotatable bonds is 3. The zero-order valence-electron chi connectivity index (χ0n) is 18.2. The Hall–Kier alpha value is -0.120. The van der Waals surface area contributed by atoms with Gasteiger partial charge in [-0.1, -0.05) is 27.2 Å². The lowest BCUT2D eigenvalue weighted by molar-refractivity contribution is -0.557. The highest BCUT2D eigenvalue weighted by Crippen LogP contribution is 2.69. The van der Waals surface area contributed by atoms with Crippen molar-refractivity contribution in [2.75, 3.05) is 0 Å². The largest absolute Gasteiger partial charge is 0.393 e. The van der Waals surface area contributed by atoms with Crippen LogP contribution in [-0.4, -0.2) is 23.3 Å². The van der Waals surface area contributed by atoms with E-state index in [4.69, 9.17) is 9.47 Å². The Bertz CT molecular complexity index is 631. The Morgan fingerprint density at radius 3 is 2.46 bits per heavy atom. The smallest absolute Gasteiger partial charge is 0.179 e. The molecule has 3 heterocycles. The summed E-state index contributed by atoms with van der Waals surface area (Å²) >= 11 is 0. The second-order valence-corrected chi connectivity index (χ2v) is 12.2. The Labute approximate surface area is 170 Å². The van der Waals surface area contributed by atoms with Gasteiger partial charge in [0.05, 0.1) is 12.5 Å². The van der Waals surface area contributed by atoms with Crippen LogP contribution in [0.25, 0.3) is 0 Å². The van der Waals surface area contributed by atoms with E-state index in [1.165, 1.54) is 51.4 Å². The zero-order chi connectivity index (χ0) is 19.3. The first-order valence-electron chi connectivity index (χ1n) is 12.4. The molecule has 0 aromatic rings. The minimum atomic E-state index is -0.187. The Morgan fingerprint density at radius 2 is 1.75 bits per heavy atom. The van der Waals surface area contributed by atoms with Crippen LogP contribution in [-0.2, 0) is 9.47 Å². The number of aliphatic hydroxyl groups is 1. The van der Waals surface area contributed by atoms with Gasteiger partial charge in [-0.15, -0.1) is 0 Å². The van der Waals surface area contributed by atoms with Crippen LogP contribution in [0.5, 0.6) is 0 Å². The van der Waals surface area contributed by atoms with Crippen LogP contribution in [0.15, 0.2) is 0 Å². The molecule has 4 aliphatic carbocycles. The van der Waals surface area contributed by atoms with Crippen molar-refractivity contribution in [3.63, 3.8) is 0 Å². The minimum absolute atomic E-state index is 0.0573. The monoisotopic (exact) mass is 388 g/mol. The summed E-state index contributed by atoms with van der Waals surface area (Å²) in [6.45, 7) is 7.59. The highest BCUT2D eigenvalue weighted by molar-refractivity contribution is 5.11. The third-order valence-electron chi connectivity index (χ3n) is 11.3. The molecule has 7 fully saturated rings. The van der Waals surface area contributed by atoms with Crippen molar-refractivity contribution in [3.05, 3.63) is 0 Å². The third kappa shape index (κ3) is 2.28. The fourth-order valence-corrected chi connectivity index (χ4v) is 9.82. The number of hydrogen-bond donors (Lipinski definition) is 1. The summed E-state index contributed by atoms with van der Waals surface area (Å²) in [7, 11) is 0. The van der Waals surface area contributed by atoms with Crippen molar-refractivity contribution >= 4 is 0 Å². The maximum atomic E-state index is 11.1. The first-order chi connectivity index (χ1) is 13.4. The minimum Gasteiger partial charge on any atom is -0.393 e. The molecule has 0 spiro atoms. The second kappa shape index (κ2) is 5.98. The van der Waals surface area contributed by atoms with Crippen molar-refractivity contribution in [1.82, 2.24) is 0 Å². The average Bonchev–Trinajstić information content (AvgIpc) is 2.95. The summed E-state index contributed by atoms with van der Waals surface area (Å²) in [6.07, 6.45) is 14.3. The fourth-order valence-electron chi connectivity index (χ4n) is 9.82. The number of fused-ring (bicyclic) bond motifs is 5. The first kappa shape index (κ1) is 18.6. The molecular formula is C25H40O3. The van der Waals surface area contributed by atoms with E-state index in [0.29, 0.717) is 11.3 Å². The molecule has 0 aromatic heterocycles. The van der Waals surface area contributed by atoms with E-state index >= 15 is 0 Å². The molecule has 0 aromatic carbocycles. The fraction of sp³-hybridized carbons (Fsp3) is 1.00. The van der Waals surface area contributed by atoms with Gasteiger partial charge in [0.15, 0.2) is 12.1 Å². The van der Waals surface area contributed by atoms with Crippen LogP contribution in [0.4, 0.5) is 0 Å². The predicted octanol–water partition coefficient (Wildman–Crippen LogP) is 5.51. The van der Waals surface area contributed by atoms with Crippen molar-refractivity contribution in [1.29, 1.82) is 0 Å². The van der Waals surface area contributed by atoms with E-state index in [-0.39, 0.29) is 23.6 Å². The summed E-state index contributed by atoms with van der Waals surface area (Å²) in [4.78, 5) is 0. The highest BCUT2D eigenvalue weighted by Gasteiger charge is 2.65. The quantitative estimate of drug-likeness (QED) is 0.693. The zero-order valence-corrected chi connectivity index (χ0v) is 18.2. The molecule has 7 aliphatic rings. The predicted molar refractivity (Wildman–Crippen MR) is 108 cm³/mol. The summed E-state index contributed by atoms with van der Waals surface area (Å²) in [5.41, 5.74) is 0.687. The maximum Gasteiger partial charge on any atom is 0.179 e. The van der Waals surface area contributed by atoms with E-state index in [0.717, 1.165) is 48.9 Å². The maximum absolute atomic E-state index is 11.1. The summed E-state index contributed by atoms with van der Waals surface area (Å²) in [6, 6.07) is 0. The van der Waals surface area contributed by atoms with E-state index in [2.05, 4.69) is 20.8 Å². The van der Waals surface area contributed by atoms with Gasteiger partial charge in [-0.3, -0.25) is 0 Å². The van der Waals surface area contributed by atoms with E-state index in [1.54, 1.807) is 0 Å². The molecular weight excluding hydrogens is 348 g/mol. The number of hydrogen-bond acceptors (Lipinski definition) is 3. The lowest BCUT2D eigenvalue weighted by Crippen LogP contribution is -2.68. The molecule has 3 aliphatic heterocycles. The summed E-state index contributed by atoms with van der Waals surface area (Å²) in [5, 5.41) is 11.1. The number of aliphatic hydroxyl groups excluding tert-OH is 1. The average molecular weight is 389 g/mol. The summed E-state index contributed by atoms with van der Waals surface area (Å²) in [5.74, 6) is 4.59. The molecule has 0 radical (unpaired) electrons. The van der Waals surface area contributed by atoms with E-state index in [1.807, 2.05) is 0 Å². The molecule has 4 saturated carbocycles. The Balaban J connectivity index is 1.23. The van der Waals surface area contributed by atoms with Crippen LogP contribution < -0.4 is 0 Å². The van der Waals surface area contributed by atoms with Crippen molar-refractivity contribution in [3.8, 4) is 0 Å². The van der Waals surface area contributed by atoms with Gasteiger partial charge in [-0.2, -0.15) is 0 Å². The molecule has 1 N–H and O–H groups in total.